The molecule has 0 aromatic rings. The highest BCUT2D eigenvalue weighted by Gasteiger charge is 2.37. The van der Waals surface area contributed by atoms with Gasteiger partial charge in [-0.3, -0.25) is 14.9 Å². The number of hydrogen-bond donors (Lipinski definition) is 4. The van der Waals surface area contributed by atoms with Crippen LogP contribution in [0, 0.1) is 0 Å². The lowest BCUT2D eigenvalue weighted by Gasteiger charge is -2.38. The SMILES string of the molecule is C[C@@]1(O)CCOC[C@H]1N[C@H](CCC(=O)O)C(=O)O. The van der Waals surface area contributed by atoms with Gasteiger partial charge in [-0.15, -0.1) is 0 Å². The molecule has 3 atom stereocenters. The Morgan fingerprint density at radius 2 is 2.17 bits per heavy atom. The Bertz CT molecular complexity index is 317. The molecule has 104 valence electrons. The molecular weight excluding hydrogens is 242 g/mol. The van der Waals surface area contributed by atoms with Gasteiger partial charge in [0.15, 0.2) is 0 Å². The Hall–Kier alpha value is -1.18. The summed E-state index contributed by atoms with van der Waals surface area (Å²) in [6.07, 6.45) is 0.146. The van der Waals surface area contributed by atoms with Crippen LogP contribution in [0.25, 0.3) is 0 Å². The molecule has 0 unspecified atom stereocenters. The third kappa shape index (κ3) is 4.25. The van der Waals surface area contributed by atoms with Crippen molar-refractivity contribution in [2.24, 2.45) is 0 Å². The number of aliphatic hydroxyl groups is 1. The molecular formula is C11H19NO6. The van der Waals surface area contributed by atoms with Crippen molar-refractivity contribution in [3.8, 4) is 0 Å². The van der Waals surface area contributed by atoms with Crippen LogP contribution in [0.1, 0.15) is 26.2 Å². The number of carbonyl (C=O) groups is 2. The largest absolute Gasteiger partial charge is 0.481 e. The molecule has 0 bridgehead atoms. The predicted molar refractivity (Wildman–Crippen MR) is 61.3 cm³/mol. The minimum atomic E-state index is -1.13. The first-order valence-electron chi connectivity index (χ1n) is 5.83. The number of nitrogens with one attached hydrogen (secondary N) is 1. The summed E-state index contributed by atoms with van der Waals surface area (Å²) >= 11 is 0. The van der Waals surface area contributed by atoms with Gasteiger partial charge in [0.25, 0.3) is 0 Å². The summed E-state index contributed by atoms with van der Waals surface area (Å²) in [4.78, 5) is 21.5. The van der Waals surface area contributed by atoms with Crippen LogP contribution < -0.4 is 5.32 Å². The Balaban J connectivity index is 2.59. The fourth-order valence-corrected chi connectivity index (χ4v) is 1.85. The second-order valence-electron chi connectivity index (χ2n) is 4.72. The van der Waals surface area contributed by atoms with Crippen LogP contribution in [0.4, 0.5) is 0 Å². The first-order valence-corrected chi connectivity index (χ1v) is 5.83. The summed E-state index contributed by atoms with van der Waals surface area (Å²) in [6, 6.07) is -1.51. The van der Waals surface area contributed by atoms with Crippen molar-refractivity contribution in [3.63, 3.8) is 0 Å². The molecule has 1 saturated heterocycles. The number of ether oxygens (including phenoxy) is 1. The Kier molecular flexibility index (Phi) is 5.06. The average molecular weight is 261 g/mol. The van der Waals surface area contributed by atoms with Gasteiger partial charge in [0.05, 0.1) is 18.2 Å². The molecule has 0 radical (unpaired) electrons. The highest BCUT2D eigenvalue weighted by Crippen LogP contribution is 2.21. The fourth-order valence-electron chi connectivity index (χ4n) is 1.85. The molecule has 1 fully saturated rings. The smallest absolute Gasteiger partial charge is 0.320 e. The van der Waals surface area contributed by atoms with Gasteiger partial charge in [-0.2, -0.15) is 0 Å². The zero-order chi connectivity index (χ0) is 13.8. The topological polar surface area (TPSA) is 116 Å². The van der Waals surface area contributed by atoms with Gasteiger partial charge >= 0.3 is 11.9 Å². The lowest BCUT2D eigenvalue weighted by atomic mass is 9.90. The normalized spacial score (nSPS) is 29.8. The standard InChI is InChI=1S/C11H19NO6/c1-11(17)4-5-18-6-8(11)12-7(10(15)16)2-3-9(13)14/h7-8,12,17H,2-6H2,1H3,(H,13,14)(H,15,16)/t7-,8-,11-/m1/s1. The maximum Gasteiger partial charge on any atom is 0.320 e. The number of aliphatic carboxylic acids is 2. The molecule has 0 amide bonds. The van der Waals surface area contributed by atoms with E-state index in [1.165, 1.54) is 0 Å². The second kappa shape index (κ2) is 6.12. The minimum absolute atomic E-state index is 0.0305. The van der Waals surface area contributed by atoms with Crippen molar-refractivity contribution < 1.29 is 29.6 Å². The molecule has 0 spiro atoms. The molecule has 4 N–H and O–H groups in total. The van der Waals surface area contributed by atoms with Crippen LogP contribution >= 0.6 is 0 Å². The molecule has 0 aromatic heterocycles. The molecule has 1 rings (SSSR count). The van der Waals surface area contributed by atoms with Crippen molar-refractivity contribution >= 4 is 11.9 Å². The predicted octanol–water partition coefficient (Wildman–Crippen LogP) is -0.566. The molecule has 1 aliphatic rings. The van der Waals surface area contributed by atoms with Crippen LogP contribution in [0.5, 0.6) is 0 Å². The fraction of sp³-hybridized carbons (Fsp3) is 0.818. The summed E-state index contributed by atoms with van der Waals surface area (Å²) in [6.45, 7) is 2.26. The number of hydrogen-bond acceptors (Lipinski definition) is 5. The van der Waals surface area contributed by atoms with Gasteiger partial charge in [0.2, 0.25) is 0 Å². The molecule has 0 aliphatic carbocycles. The lowest BCUT2D eigenvalue weighted by Crippen LogP contribution is -2.59. The minimum Gasteiger partial charge on any atom is -0.481 e. The lowest BCUT2D eigenvalue weighted by molar-refractivity contribution is -0.142. The molecule has 1 aliphatic heterocycles. The van der Waals surface area contributed by atoms with E-state index in [2.05, 4.69) is 5.32 Å². The molecule has 18 heavy (non-hydrogen) atoms. The van der Waals surface area contributed by atoms with Gasteiger partial charge in [0, 0.05) is 19.4 Å². The van der Waals surface area contributed by atoms with Crippen LogP contribution in [0.15, 0.2) is 0 Å². The van der Waals surface area contributed by atoms with E-state index < -0.39 is 29.6 Å². The van der Waals surface area contributed by atoms with Gasteiger partial charge in [-0.1, -0.05) is 0 Å². The Morgan fingerprint density at radius 3 is 2.67 bits per heavy atom. The van der Waals surface area contributed by atoms with E-state index in [0.29, 0.717) is 13.0 Å². The second-order valence-corrected chi connectivity index (χ2v) is 4.72. The van der Waals surface area contributed by atoms with Crippen LogP contribution in [0.3, 0.4) is 0 Å². The summed E-state index contributed by atoms with van der Waals surface area (Å²) in [7, 11) is 0. The zero-order valence-corrected chi connectivity index (χ0v) is 10.3. The Labute approximate surface area is 105 Å². The van der Waals surface area contributed by atoms with Gasteiger partial charge < -0.3 is 20.1 Å². The van der Waals surface area contributed by atoms with Crippen molar-refractivity contribution in [2.45, 2.75) is 43.9 Å². The third-order valence-corrected chi connectivity index (χ3v) is 3.14. The summed E-state index contributed by atoms with van der Waals surface area (Å²) in [5.74, 6) is -2.17. The average Bonchev–Trinajstić information content (AvgIpc) is 2.25. The van der Waals surface area contributed by atoms with Crippen LogP contribution in [-0.4, -0.2) is 58.2 Å². The van der Waals surface area contributed by atoms with Crippen molar-refractivity contribution in [1.82, 2.24) is 5.32 Å². The number of carboxylic acids is 2. The number of rotatable bonds is 6. The summed E-state index contributed by atoms with van der Waals surface area (Å²) in [5.41, 5.74) is -1.05. The first-order chi connectivity index (χ1) is 8.33. The van der Waals surface area contributed by atoms with Gasteiger partial charge in [0.1, 0.15) is 6.04 Å². The third-order valence-electron chi connectivity index (χ3n) is 3.14. The monoisotopic (exact) mass is 261 g/mol. The van der Waals surface area contributed by atoms with E-state index in [0.717, 1.165) is 0 Å². The molecule has 0 aromatic carbocycles. The number of carboxylic acid groups (broad SMARTS) is 2. The van der Waals surface area contributed by atoms with Crippen molar-refractivity contribution in [2.75, 3.05) is 13.2 Å². The first kappa shape index (κ1) is 14.9. The van der Waals surface area contributed by atoms with Crippen LogP contribution in [0.2, 0.25) is 0 Å². The maximum atomic E-state index is 11.0. The van der Waals surface area contributed by atoms with E-state index >= 15 is 0 Å². The van der Waals surface area contributed by atoms with Gasteiger partial charge in [-0.05, 0) is 13.3 Å². The quantitative estimate of drug-likeness (QED) is 0.506. The van der Waals surface area contributed by atoms with E-state index in [9.17, 15) is 14.7 Å². The van der Waals surface area contributed by atoms with Crippen LogP contribution in [-0.2, 0) is 14.3 Å². The summed E-state index contributed by atoms with van der Waals surface area (Å²) < 4.78 is 5.19. The molecule has 7 heteroatoms. The highest BCUT2D eigenvalue weighted by molar-refractivity contribution is 5.75. The van der Waals surface area contributed by atoms with E-state index in [-0.39, 0.29) is 19.4 Å². The van der Waals surface area contributed by atoms with Gasteiger partial charge in [-0.25, -0.2) is 0 Å². The van der Waals surface area contributed by atoms with E-state index in [4.69, 9.17) is 14.9 Å². The molecule has 1 heterocycles. The maximum absolute atomic E-state index is 11.0. The van der Waals surface area contributed by atoms with Crippen molar-refractivity contribution in [3.05, 3.63) is 0 Å². The van der Waals surface area contributed by atoms with E-state index in [1.807, 2.05) is 0 Å². The highest BCUT2D eigenvalue weighted by atomic mass is 16.5. The molecule has 7 nitrogen and oxygen atoms in total. The summed E-state index contributed by atoms with van der Waals surface area (Å²) in [5, 5.41) is 30.4. The van der Waals surface area contributed by atoms with Crippen molar-refractivity contribution in [1.29, 1.82) is 0 Å². The Morgan fingerprint density at radius 1 is 1.50 bits per heavy atom. The van der Waals surface area contributed by atoms with E-state index in [1.54, 1.807) is 6.92 Å². The molecule has 0 saturated carbocycles. The zero-order valence-electron chi connectivity index (χ0n) is 10.3.